The highest BCUT2D eigenvalue weighted by Gasteiger charge is 2.15. The molecule has 0 aliphatic heterocycles. The van der Waals surface area contributed by atoms with Crippen molar-refractivity contribution >= 4 is 17.6 Å². The highest BCUT2D eigenvalue weighted by atomic mass is 32.2. The Labute approximate surface area is 140 Å². The van der Waals surface area contributed by atoms with Crippen LogP contribution in [0, 0.1) is 18.3 Å². The molecule has 2 N–H and O–H groups in total. The summed E-state index contributed by atoms with van der Waals surface area (Å²) in [6, 6.07) is 9.80. The van der Waals surface area contributed by atoms with E-state index in [0.29, 0.717) is 16.1 Å². The van der Waals surface area contributed by atoms with Crippen LogP contribution in [0.2, 0.25) is 0 Å². The number of aromatic nitrogens is 2. The second-order valence-electron chi connectivity index (χ2n) is 5.27. The van der Waals surface area contributed by atoms with Gasteiger partial charge in [-0.15, -0.1) is 0 Å². The maximum Gasteiger partial charge on any atom is 0.190 e. The van der Waals surface area contributed by atoms with E-state index in [1.807, 2.05) is 31.2 Å². The van der Waals surface area contributed by atoms with Crippen LogP contribution in [0.25, 0.3) is 0 Å². The number of nitrogens with two attached hydrogens (primary N) is 1. The normalized spacial score (nSPS) is 11.7. The van der Waals surface area contributed by atoms with Crippen molar-refractivity contribution in [3.8, 4) is 11.8 Å². The number of nitrogens with zero attached hydrogens (tertiary/aromatic N) is 3. The van der Waals surface area contributed by atoms with Crippen molar-refractivity contribution in [2.24, 2.45) is 0 Å². The van der Waals surface area contributed by atoms with E-state index >= 15 is 0 Å². The molecule has 1 aromatic carbocycles. The van der Waals surface area contributed by atoms with Crippen molar-refractivity contribution in [3.05, 3.63) is 41.1 Å². The van der Waals surface area contributed by atoms with E-state index in [-0.39, 0.29) is 18.0 Å². The van der Waals surface area contributed by atoms with Gasteiger partial charge in [0.2, 0.25) is 0 Å². The molecule has 1 aromatic heterocycles. The molecule has 1 unspecified atom stereocenters. The molecular weight excluding hydrogens is 308 g/mol. The van der Waals surface area contributed by atoms with E-state index in [4.69, 9.17) is 10.5 Å². The van der Waals surface area contributed by atoms with Gasteiger partial charge < -0.3 is 10.5 Å². The van der Waals surface area contributed by atoms with Gasteiger partial charge in [-0.2, -0.15) is 5.26 Å². The Balaban J connectivity index is 2.23. The highest BCUT2D eigenvalue weighted by molar-refractivity contribution is 7.99. The van der Waals surface area contributed by atoms with Crippen LogP contribution in [0.3, 0.4) is 0 Å². The minimum atomic E-state index is 0.188. The molecule has 1 heterocycles. The van der Waals surface area contributed by atoms with Gasteiger partial charge in [0.25, 0.3) is 0 Å². The molecule has 0 radical (unpaired) electrons. The van der Waals surface area contributed by atoms with Crippen LogP contribution in [0.15, 0.2) is 29.4 Å². The number of hydrogen-bond acceptors (Lipinski definition) is 6. The molecule has 2 aromatic rings. The Hall–Kier alpha value is -2.26. The average molecular weight is 328 g/mol. The lowest BCUT2D eigenvalue weighted by Gasteiger charge is -2.12. The third-order valence-corrected chi connectivity index (χ3v) is 4.48. The van der Waals surface area contributed by atoms with Gasteiger partial charge in [-0.1, -0.05) is 37.7 Å². The van der Waals surface area contributed by atoms with E-state index < -0.39 is 0 Å². The number of rotatable bonds is 6. The Morgan fingerprint density at radius 2 is 2.17 bits per heavy atom. The van der Waals surface area contributed by atoms with Crippen LogP contribution in [0.5, 0.6) is 5.75 Å². The SMILES string of the molecule is CCC(C)Sc1nc(N)c(C#N)c(COc2cccc(C)c2)n1. The van der Waals surface area contributed by atoms with Gasteiger partial charge in [0.05, 0.1) is 0 Å². The summed E-state index contributed by atoms with van der Waals surface area (Å²) in [5, 5.41) is 10.3. The van der Waals surface area contributed by atoms with E-state index in [2.05, 4.69) is 29.9 Å². The van der Waals surface area contributed by atoms with Gasteiger partial charge in [-0.3, -0.25) is 0 Å². The predicted octanol–water partition coefficient (Wildman–Crippen LogP) is 3.71. The summed E-state index contributed by atoms with van der Waals surface area (Å²) in [4.78, 5) is 8.67. The van der Waals surface area contributed by atoms with Gasteiger partial charge in [-0.05, 0) is 31.0 Å². The molecule has 0 saturated heterocycles. The summed E-state index contributed by atoms with van der Waals surface area (Å²) in [7, 11) is 0. The lowest BCUT2D eigenvalue weighted by atomic mass is 10.2. The first-order valence-electron chi connectivity index (χ1n) is 7.46. The quantitative estimate of drug-likeness (QED) is 0.643. The van der Waals surface area contributed by atoms with Crippen LogP contribution in [-0.2, 0) is 6.61 Å². The minimum Gasteiger partial charge on any atom is -0.487 e. The van der Waals surface area contributed by atoms with Crippen molar-refractivity contribution in [1.29, 1.82) is 5.26 Å². The van der Waals surface area contributed by atoms with Crippen molar-refractivity contribution in [1.82, 2.24) is 9.97 Å². The largest absolute Gasteiger partial charge is 0.487 e. The zero-order valence-electron chi connectivity index (χ0n) is 13.5. The summed E-state index contributed by atoms with van der Waals surface area (Å²) in [5.41, 5.74) is 7.81. The molecule has 0 aliphatic rings. The molecule has 120 valence electrons. The molecule has 5 nitrogen and oxygen atoms in total. The molecule has 0 aliphatic carbocycles. The smallest absolute Gasteiger partial charge is 0.190 e. The fraction of sp³-hybridized carbons (Fsp3) is 0.353. The summed E-state index contributed by atoms with van der Waals surface area (Å²) in [5.74, 6) is 0.943. The predicted molar refractivity (Wildman–Crippen MR) is 92.3 cm³/mol. The molecule has 0 saturated carbocycles. The van der Waals surface area contributed by atoms with Gasteiger partial charge in [-0.25, -0.2) is 9.97 Å². The molecular formula is C17H20N4OS. The van der Waals surface area contributed by atoms with Gasteiger partial charge in [0.15, 0.2) is 5.16 Å². The number of nitriles is 1. The average Bonchev–Trinajstić information content (AvgIpc) is 2.52. The Bertz CT molecular complexity index is 727. The first-order valence-corrected chi connectivity index (χ1v) is 8.34. The zero-order chi connectivity index (χ0) is 16.8. The third kappa shape index (κ3) is 4.60. The number of aryl methyl sites for hydroxylation is 1. The Morgan fingerprint density at radius 3 is 2.83 bits per heavy atom. The molecule has 23 heavy (non-hydrogen) atoms. The third-order valence-electron chi connectivity index (χ3n) is 3.35. The standard InChI is InChI=1S/C17H20N4OS/c1-4-12(3)23-17-20-15(14(9-18)16(19)21-17)10-22-13-7-5-6-11(2)8-13/h5-8,12H,4,10H2,1-3H3,(H2,19,20,21). The van der Waals surface area contributed by atoms with Crippen molar-refractivity contribution in [3.63, 3.8) is 0 Å². The molecule has 6 heteroatoms. The lowest BCUT2D eigenvalue weighted by Crippen LogP contribution is -2.09. The second-order valence-corrected chi connectivity index (χ2v) is 6.67. The van der Waals surface area contributed by atoms with E-state index in [0.717, 1.165) is 17.7 Å². The number of thioether (sulfide) groups is 1. The monoisotopic (exact) mass is 328 g/mol. The van der Waals surface area contributed by atoms with E-state index in [1.54, 1.807) is 11.8 Å². The second kappa shape index (κ2) is 7.84. The molecule has 1 atom stereocenters. The Kier molecular flexibility index (Phi) is 5.83. The summed E-state index contributed by atoms with van der Waals surface area (Å²) < 4.78 is 5.75. The minimum absolute atomic E-state index is 0.188. The first-order chi connectivity index (χ1) is 11.0. The van der Waals surface area contributed by atoms with Crippen molar-refractivity contribution < 1.29 is 4.74 Å². The summed E-state index contributed by atoms with van der Waals surface area (Å²) in [6.07, 6.45) is 1.00. The summed E-state index contributed by atoms with van der Waals surface area (Å²) in [6.45, 7) is 6.39. The van der Waals surface area contributed by atoms with Crippen molar-refractivity contribution in [2.75, 3.05) is 5.73 Å². The van der Waals surface area contributed by atoms with Crippen LogP contribution < -0.4 is 10.5 Å². The first kappa shape index (κ1) is 17.1. The maximum atomic E-state index is 9.29. The number of benzene rings is 1. The molecule has 0 bridgehead atoms. The fourth-order valence-electron chi connectivity index (χ4n) is 1.90. The van der Waals surface area contributed by atoms with Gasteiger partial charge in [0.1, 0.15) is 35.5 Å². The zero-order valence-corrected chi connectivity index (χ0v) is 14.4. The fourth-order valence-corrected chi connectivity index (χ4v) is 2.74. The van der Waals surface area contributed by atoms with E-state index in [9.17, 15) is 5.26 Å². The summed E-state index contributed by atoms with van der Waals surface area (Å²) >= 11 is 1.55. The van der Waals surface area contributed by atoms with Gasteiger partial charge >= 0.3 is 0 Å². The van der Waals surface area contributed by atoms with Crippen molar-refractivity contribution in [2.45, 2.75) is 44.2 Å². The highest BCUT2D eigenvalue weighted by Crippen LogP contribution is 2.25. The molecule has 0 amide bonds. The molecule has 2 rings (SSSR count). The lowest BCUT2D eigenvalue weighted by molar-refractivity contribution is 0.299. The van der Waals surface area contributed by atoms with E-state index in [1.165, 1.54) is 0 Å². The number of nitrogen functional groups attached to an aromatic ring is 1. The van der Waals surface area contributed by atoms with Crippen LogP contribution >= 0.6 is 11.8 Å². The number of anilines is 1. The topological polar surface area (TPSA) is 84.8 Å². The van der Waals surface area contributed by atoms with Crippen LogP contribution in [0.1, 0.15) is 37.1 Å². The maximum absolute atomic E-state index is 9.29. The number of ether oxygens (including phenoxy) is 1. The van der Waals surface area contributed by atoms with Crippen LogP contribution in [-0.4, -0.2) is 15.2 Å². The Morgan fingerprint density at radius 1 is 1.39 bits per heavy atom. The van der Waals surface area contributed by atoms with Crippen LogP contribution in [0.4, 0.5) is 5.82 Å². The number of hydrogen-bond donors (Lipinski definition) is 1. The molecule has 0 spiro atoms. The van der Waals surface area contributed by atoms with Gasteiger partial charge in [0, 0.05) is 5.25 Å². The molecule has 0 fully saturated rings.